The number of hydrogen-bond acceptors (Lipinski definition) is 5. The smallest absolute Gasteiger partial charge is 0.271 e. The molecule has 1 aliphatic heterocycles. The van der Waals surface area contributed by atoms with Crippen LogP contribution in [0, 0.1) is 13.8 Å². The van der Waals surface area contributed by atoms with Crippen molar-refractivity contribution in [3.05, 3.63) is 123 Å². The van der Waals surface area contributed by atoms with Crippen molar-refractivity contribution in [2.75, 3.05) is 12.0 Å². The maximum absolute atomic E-state index is 13.7. The molecule has 1 fully saturated rings. The third kappa shape index (κ3) is 6.44. The lowest BCUT2D eigenvalue weighted by molar-refractivity contribution is -0.113. The summed E-state index contributed by atoms with van der Waals surface area (Å²) in [6.45, 7) is 4.48. The van der Waals surface area contributed by atoms with E-state index in [9.17, 15) is 4.79 Å². The first-order valence-electron chi connectivity index (χ1n) is 12.4. The number of rotatable bonds is 7. The SMILES string of the molecule is COc1cc(/C=C2\SC(=Nc3ccc(C)cc3)N(c3ccc(C)cc3)C2=O)ccc1OCc1ccc(Br)cc1. The largest absolute Gasteiger partial charge is 0.493 e. The third-order valence-corrected chi connectivity index (χ3v) is 7.65. The average Bonchev–Trinajstić information content (AvgIpc) is 3.24. The molecular formula is C32H27BrN2O3S. The van der Waals surface area contributed by atoms with E-state index in [-0.39, 0.29) is 5.91 Å². The highest BCUT2D eigenvalue weighted by molar-refractivity contribution is 9.10. The van der Waals surface area contributed by atoms with Crippen LogP contribution in [0.1, 0.15) is 22.3 Å². The lowest BCUT2D eigenvalue weighted by atomic mass is 10.1. The Bertz CT molecular complexity index is 1550. The molecule has 5 nitrogen and oxygen atoms in total. The molecule has 0 aromatic heterocycles. The van der Waals surface area contributed by atoms with Crippen LogP contribution in [-0.4, -0.2) is 18.2 Å². The molecule has 0 unspecified atom stereocenters. The van der Waals surface area contributed by atoms with E-state index in [0.29, 0.717) is 28.2 Å². The second-order valence-corrected chi connectivity index (χ2v) is 11.1. The van der Waals surface area contributed by atoms with Gasteiger partial charge in [0.05, 0.1) is 23.4 Å². The molecule has 0 atom stereocenters. The molecule has 0 radical (unpaired) electrons. The number of carbonyl (C=O) groups excluding carboxylic acids is 1. The molecule has 0 aliphatic carbocycles. The Morgan fingerprint density at radius 2 is 1.54 bits per heavy atom. The van der Waals surface area contributed by atoms with Gasteiger partial charge in [0, 0.05) is 4.47 Å². The van der Waals surface area contributed by atoms with E-state index in [4.69, 9.17) is 14.5 Å². The van der Waals surface area contributed by atoms with E-state index in [2.05, 4.69) is 15.9 Å². The van der Waals surface area contributed by atoms with Gasteiger partial charge in [0.1, 0.15) is 6.61 Å². The topological polar surface area (TPSA) is 51.1 Å². The minimum Gasteiger partial charge on any atom is -0.493 e. The van der Waals surface area contributed by atoms with Crippen molar-refractivity contribution in [2.24, 2.45) is 4.99 Å². The highest BCUT2D eigenvalue weighted by Gasteiger charge is 2.34. The maximum Gasteiger partial charge on any atom is 0.271 e. The zero-order chi connectivity index (χ0) is 27.4. The van der Waals surface area contributed by atoms with Crippen molar-refractivity contribution < 1.29 is 14.3 Å². The number of amides is 1. The Balaban J connectivity index is 1.43. The van der Waals surface area contributed by atoms with Crippen LogP contribution in [0.4, 0.5) is 11.4 Å². The summed E-state index contributed by atoms with van der Waals surface area (Å²) in [5.74, 6) is 1.11. The molecule has 1 saturated heterocycles. The zero-order valence-electron chi connectivity index (χ0n) is 21.9. The highest BCUT2D eigenvalue weighted by atomic mass is 79.9. The lowest BCUT2D eigenvalue weighted by Crippen LogP contribution is -2.28. The van der Waals surface area contributed by atoms with E-state index in [1.54, 1.807) is 12.0 Å². The number of aryl methyl sites for hydroxylation is 2. The molecule has 7 heteroatoms. The Kier molecular flexibility index (Phi) is 8.19. The first-order chi connectivity index (χ1) is 18.9. The van der Waals surface area contributed by atoms with E-state index in [0.717, 1.165) is 38.1 Å². The van der Waals surface area contributed by atoms with Gasteiger partial charge in [-0.3, -0.25) is 9.69 Å². The Morgan fingerprint density at radius 3 is 2.21 bits per heavy atom. The Hall–Kier alpha value is -3.81. The van der Waals surface area contributed by atoms with Crippen LogP contribution in [0.15, 0.2) is 105 Å². The van der Waals surface area contributed by atoms with Crippen molar-refractivity contribution in [2.45, 2.75) is 20.5 Å². The Labute approximate surface area is 241 Å². The molecule has 1 amide bonds. The zero-order valence-corrected chi connectivity index (χ0v) is 24.3. The third-order valence-electron chi connectivity index (χ3n) is 6.15. The van der Waals surface area contributed by atoms with Crippen molar-refractivity contribution >= 4 is 56.2 Å². The average molecular weight is 600 g/mol. The van der Waals surface area contributed by atoms with Gasteiger partial charge in [-0.05, 0) is 91.3 Å². The summed E-state index contributed by atoms with van der Waals surface area (Å²) < 4.78 is 12.6. The number of amidine groups is 1. The second kappa shape index (κ2) is 11.9. The fourth-order valence-electron chi connectivity index (χ4n) is 3.99. The van der Waals surface area contributed by atoms with Crippen molar-refractivity contribution in [1.29, 1.82) is 0 Å². The molecule has 0 N–H and O–H groups in total. The monoisotopic (exact) mass is 598 g/mol. The van der Waals surface area contributed by atoms with Crippen LogP contribution in [-0.2, 0) is 11.4 Å². The van der Waals surface area contributed by atoms with Gasteiger partial charge < -0.3 is 9.47 Å². The number of anilines is 1. The number of aliphatic imine (C=N–C) groups is 1. The molecule has 1 heterocycles. The van der Waals surface area contributed by atoms with Crippen LogP contribution in [0.2, 0.25) is 0 Å². The van der Waals surface area contributed by atoms with E-state index < -0.39 is 0 Å². The summed E-state index contributed by atoms with van der Waals surface area (Å²) in [7, 11) is 1.61. The van der Waals surface area contributed by atoms with Crippen LogP contribution in [0.3, 0.4) is 0 Å². The van der Waals surface area contributed by atoms with E-state index in [1.165, 1.54) is 11.8 Å². The van der Waals surface area contributed by atoms with Gasteiger partial charge in [0.2, 0.25) is 0 Å². The number of carbonyl (C=O) groups is 1. The molecule has 39 heavy (non-hydrogen) atoms. The summed E-state index contributed by atoms with van der Waals surface area (Å²) in [6, 6.07) is 29.5. The van der Waals surface area contributed by atoms with Gasteiger partial charge in [0.15, 0.2) is 16.7 Å². The van der Waals surface area contributed by atoms with Gasteiger partial charge in [0.25, 0.3) is 5.91 Å². The minimum atomic E-state index is -0.121. The molecule has 196 valence electrons. The van der Waals surface area contributed by atoms with Crippen LogP contribution < -0.4 is 14.4 Å². The fourth-order valence-corrected chi connectivity index (χ4v) is 5.25. The first-order valence-corrected chi connectivity index (χ1v) is 14.0. The summed E-state index contributed by atoms with van der Waals surface area (Å²) in [6.07, 6.45) is 1.87. The molecule has 0 saturated carbocycles. The van der Waals surface area contributed by atoms with Gasteiger partial charge in [-0.25, -0.2) is 4.99 Å². The molecule has 4 aromatic rings. The minimum absolute atomic E-state index is 0.121. The van der Waals surface area contributed by atoms with Crippen molar-refractivity contribution in [1.82, 2.24) is 0 Å². The lowest BCUT2D eigenvalue weighted by Gasteiger charge is -2.16. The highest BCUT2D eigenvalue weighted by Crippen LogP contribution is 2.38. The summed E-state index contributed by atoms with van der Waals surface area (Å²) >= 11 is 4.81. The second-order valence-electron chi connectivity index (χ2n) is 9.14. The predicted molar refractivity (Wildman–Crippen MR) is 164 cm³/mol. The van der Waals surface area contributed by atoms with Gasteiger partial charge in [-0.2, -0.15) is 0 Å². The number of halogens is 1. The number of hydrogen-bond donors (Lipinski definition) is 0. The number of methoxy groups -OCH3 is 1. The Morgan fingerprint density at radius 1 is 0.872 bits per heavy atom. The van der Waals surface area contributed by atoms with E-state index in [1.807, 2.05) is 111 Å². The fraction of sp³-hybridized carbons (Fsp3) is 0.125. The normalized spacial score (nSPS) is 15.3. The molecule has 5 rings (SSSR count). The van der Waals surface area contributed by atoms with Gasteiger partial charge in [-0.15, -0.1) is 0 Å². The quantitative estimate of drug-likeness (QED) is 0.200. The van der Waals surface area contributed by atoms with Crippen molar-refractivity contribution in [3.8, 4) is 11.5 Å². The number of nitrogens with zero attached hydrogens (tertiary/aromatic N) is 2. The summed E-state index contributed by atoms with van der Waals surface area (Å²) in [5.41, 5.74) is 5.74. The molecule has 0 spiro atoms. The molecule has 0 bridgehead atoms. The van der Waals surface area contributed by atoms with Crippen molar-refractivity contribution in [3.63, 3.8) is 0 Å². The number of thioether (sulfide) groups is 1. The maximum atomic E-state index is 13.7. The van der Waals surface area contributed by atoms with Crippen LogP contribution in [0.5, 0.6) is 11.5 Å². The summed E-state index contributed by atoms with van der Waals surface area (Å²) in [5, 5.41) is 0.611. The summed E-state index contributed by atoms with van der Waals surface area (Å²) in [4.78, 5) is 20.7. The molecule has 4 aromatic carbocycles. The number of benzene rings is 4. The van der Waals surface area contributed by atoms with Gasteiger partial charge in [-0.1, -0.05) is 69.5 Å². The van der Waals surface area contributed by atoms with Gasteiger partial charge >= 0.3 is 0 Å². The molecule has 1 aliphatic rings. The van der Waals surface area contributed by atoms with Crippen LogP contribution >= 0.6 is 27.7 Å². The standard InChI is InChI=1S/C32H27BrN2O3S/c1-21-4-13-26(14-5-21)34-32-35(27-15-6-22(2)7-16-27)31(36)30(39-32)19-24-10-17-28(29(18-24)37-3)38-20-23-8-11-25(33)12-9-23/h4-19H,20H2,1-3H3/b30-19-,34-32?. The molecular weight excluding hydrogens is 572 g/mol. The number of ether oxygens (including phenoxy) is 2. The van der Waals surface area contributed by atoms with Crippen LogP contribution in [0.25, 0.3) is 6.08 Å². The first kappa shape index (κ1) is 26.8. The predicted octanol–water partition coefficient (Wildman–Crippen LogP) is 8.46. The van der Waals surface area contributed by atoms with E-state index >= 15 is 0 Å².